The van der Waals surface area contributed by atoms with Gasteiger partial charge in [-0.2, -0.15) is 0 Å². The van der Waals surface area contributed by atoms with Gasteiger partial charge in [-0.3, -0.25) is 10.1 Å². The number of halogens is 1. The number of hydrogen-bond donors (Lipinski definition) is 1. The fourth-order valence-electron chi connectivity index (χ4n) is 1.92. The van der Waals surface area contributed by atoms with E-state index in [1.165, 1.54) is 17.7 Å². The quantitative estimate of drug-likeness (QED) is 0.678. The van der Waals surface area contributed by atoms with E-state index in [1.807, 2.05) is 32.0 Å². The number of nitrogens with zero attached hydrogens (tertiary/aromatic N) is 1. The summed E-state index contributed by atoms with van der Waals surface area (Å²) in [5.74, 6) is -0.479. The summed E-state index contributed by atoms with van der Waals surface area (Å²) in [6.07, 6.45) is 0. The Bertz CT molecular complexity index is 656. The van der Waals surface area contributed by atoms with Gasteiger partial charge in [0.1, 0.15) is 5.82 Å². The van der Waals surface area contributed by atoms with Crippen molar-refractivity contribution in [1.29, 1.82) is 0 Å². The molecule has 0 saturated carbocycles. The minimum atomic E-state index is -0.503. The summed E-state index contributed by atoms with van der Waals surface area (Å²) in [5, 5.41) is 14.0. The van der Waals surface area contributed by atoms with E-state index < -0.39 is 10.7 Å². The molecule has 0 radical (unpaired) electrons. The van der Waals surface area contributed by atoms with Crippen LogP contribution in [0.2, 0.25) is 0 Å². The Labute approximate surface area is 116 Å². The molecule has 2 aromatic rings. The highest BCUT2D eigenvalue weighted by molar-refractivity contribution is 5.50. The molecule has 2 aromatic carbocycles. The summed E-state index contributed by atoms with van der Waals surface area (Å²) >= 11 is 0. The number of nitro benzene ring substituents is 1. The van der Waals surface area contributed by atoms with Crippen LogP contribution in [0.3, 0.4) is 0 Å². The second-order valence-electron chi connectivity index (χ2n) is 4.68. The summed E-state index contributed by atoms with van der Waals surface area (Å²) in [7, 11) is 0. The van der Waals surface area contributed by atoms with Crippen molar-refractivity contribution in [3.63, 3.8) is 0 Å². The number of nitro groups is 1. The number of anilines is 1. The molecule has 4 nitrogen and oxygen atoms in total. The molecule has 0 fully saturated rings. The standard InChI is InChI=1S/C15H15FN2O2/c1-10-3-5-14(7-11(10)2)17-9-12-8-13(16)4-6-15(12)18(19)20/h3-8,17H,9H2,1-2H3. The van der Waals surface area contributed by atoms with E-state index in [2.05, 4.69) is 5.32 Å². The van der Waals surface area contributed by atoms with Crippen LogP contribution in [0.5, 0.6) is 0 Å². The zero-order valence-electron chi connectivity index (χ0n) is 11.3. The maximum atomic E-state index is 13.2. The lowest BCUT2D eigenvalue weighted by molar-refractivity contribution is -0.385. The third-order valence-corrected chi connectivity index (χ3v) is 3.23. The van der Waals surface area contributed by atoms with Gasteiger partial charge in [0.05, 0.1) is 10.5 Å². The third kappa shape index (κ3) is 3.12. The van der Waals surface area contributed by atoms with Gasteiger partial charge in [0.25, 0.3) is 5.69 Å². The molecule has 0 unspecified atom stereocenters. The molecule has 0 aliphatic carbocycles. The fraction of sp³-hybridized carbons (Fsp3) is 0.200. The minimum absolute atomic E-state index is 0.0808. The first-order valence-corrected chi connectivity index (χ1v) is 6.21. The summed E-state index contributed by atoms with van der Waals surface area (Å²) < 4.78 is 13.2. The van der Waals surface area contributed by atoms with E-state index in [9.17, 15) is 14.5 Å². The molecular formula is C15H15FN2O2. The Morgan fingerprint density at radius 2 is 1.90 bits per heavy atom. The van der Waals surface area contributed by atoms with Crippen molar-refractivity contribution in [3.05, 3.63) is 69.0 Å². The Morgan fingerprint density at radius 3 is 2.55 bits per heavy atom. The molecule has 1 N–H and O–H groups in total. The first-order valence-electron chi connectivity index (χ1n) is 6.21. The summed E-state index contributed by atoms with van der Waals surface area (Å²) in [6, 6.07) is 9.29. The Balaban J connectivity index is 2.20. The van der Waals surface area contributed by atoms with Gasteiger partial charge in [0, 0.05) is 18.3 Å². The highest BCUT2D eigenvalue weighted by Crippen LogP contribution is 2.21. The van der Waals surface area contributed by atoms with Crippen molar-refractivity contribution in [3.8, 4) is 0 Å². The van der Waals surface area contributed by atoms with E-state index in [4.69, 9.17) is 0 Å². The van der Waals surface area contributed by atoms with Gasteiger partial charge >= 0.3 is 0 Å². The van der Waals surface area contributed by atoms with Crippen LogP contribution in [0.15, 0.2) is 36.4 Å². The monoisotopic (exact) mass is 274 g/mol. The molecule has 0 saturated heterocycles. The molecule has 5 heteroatoms. The van der Waals surface area contributed by atoms with Crippen LogP contribution in [0.1, 0.15) is 16.7 Å². The summed E-state index contributed by atoms with van der Waals surface area (Å²) in [6.45, 7) is 4.21. The Hall–Kier alpha value is -2.43. The molecule has 0 aliphatic heterocycles. The van der Waals surface area contributed by atoms with Gasteiger partial charge in [0.2, 0.25) is 0 Å². The Morgan fingerprint density at radius 1 is 1.15 bits per heavy atom. The highest BCUT2D eigenvalue weighted by Gasteiger charge is 2.14. The van der Waals surface area contributed by atoms with Crippen LogP contribution >= 0.6 is 0 Å². The molecule has 0 aliphatic rings. The van der Waals surface area contributed by atoms with Crippen molar-refractivity contribution in [1.82, 2.24) is 0 Å². The topological polar surface area (TPSA) is 55.2 Å². The van der Waals surface area contributed by atoms with E-state index in [0.717, 1.165) is 17.3 Å². The fourth-order valence-corrected chi connectivity index (χ4v) is 1.92. The average Bonchev–Trinajstić information content (AvgIpc) is 2.40. The molecule has 0 aromatic heterocycles. The zero-order valence-corrected chi connectivity index (χ0v) is 11.3. The molecule has 0 atom stereocenters. The van der Waals surface area contributed by atoms with Crippen LogP contribution < -0.4 is 5.32 Å². The molecule has 0 bridgehead atoms. The number of aryl methyl sites for hydroxylation is 2. The normalized spacial score (nSPS) is 10.3. The molecule has 20 heavy (non-hydrogen) atoms. The summed E-state index contributed by atoms with van der Waals surface area (Å²) in [5.41, 5.74) is 3.40. The van der Waals surface area contributed by atoms with E-state index in [0.29, 0.717) is 5.56 Å². The molecule has 0 spiro atoms. The molecule has 2 rings (SSSR count). The second kappa shape index (κ2) is 5.69. The van der Waals surface area contributed by atoms with Crippen LogP contribution in [0.25, 0.3) is 0 Å². The first kappa shape index (κ1) is 14.0. The second-order valence-corrected chi connectivity index (χ2v) is 4.68. The summed E-state index contributed by atoms with van der Waals surface area (Å²) in [4.78, 5) is 10.4. The number of hydrogen-bond acceptors (Lipinski definition) is 3. The predicted octanol–water partition coefficient (Wildman–Crippen LogP) is 3.96. The van der Waals surface area contributed by atoms with Gasteiger partial charge < -0.3 is 5.32 Å². The van der Waals surface area contributed by atoms with Crippen LogP contribution in [0.4, 0.5) is 15.8 Å². The number of benzene rings is 2. The number of nitrogens with one attached hydrogen (secondary N) is 1. The van der Waals surface area contributed by atoms with Crippen molar-refractivity contribution >= 4 is 11.4 Å². The number of rotatable bonds is 4. The molecule has 0 heterocycles. The zero-order chi connectivity index (χ0) is 14.7. The lowest BCUT2D eigenvalue weighted by atomic mass is 10.1. The van der Waals surface area contributed by atoms with Gasteiger partial charge in [-0.15, -0.1) is 0 Å². The smallest absolute Gasteiger partial charge is 0.274 e. The first-order chi connectivity index (χ1) is 9.47. The predicted molar refractivity (Wildman–Crippen MR) is 76.3 cm³/mol. The van der Waals surface area contributed by atoms with Crippen LogP contribution in [-0.4, -0.2) is 4.92 Å². The lowest BCUT2D eigenvalue weighted by Gasteiger charge is -2.09. The Kier molecular flexibility index (Phi) is 3.98. The largest absolute Gasteiger partial charge is 0.381 e. The molecular weight excluding hydrogens is 259 g/mol. The van der Waals surface area contributed by atoms with Crippen molar-refractivity contribution in [2.75, 3.05) is 5.32 Å². The van der Waals surface area contributed by atoms with Crippen molar-refractivity contribution in [2.24, 2.45) is 0 Å². The van der Waals surface area contributed by atoms with Gasteiger partial charge in [-0.05, 0) is 49.2 Å². The van der Waals surface area contributed by atoms with Crippen molar-refractivity contribution in [2.45, 2.75) is 20.4 Å². The average molecular weight is 274 g/mol. The SMILES string of the molecule is Cc1ccc(NCc2cc(F)ccc2[N+](=O)[O-])cc1C. The highest BCUT2D eigenvalue weighted by atomic mass is 19.1. The minimum Gasteiger partial charge on any atom is -0.381 e. The van der Waals surface area contributed by atoms with E-state index in [-0.39, 0.29) is 12.2 Å². The van der Waals surface area contributed by atoms with E-state index >= 15 is 0 Å². The molecule has 104 valence electrons. The van der Waals surface area contributed by atoms with Crippen LogP contribution in [0, 0.1) is 29.8 Å². The maximum Gasteiger partial charge on any atom is 0.274 e. The van der Waals surface area contributed by atoms with Gasteiger partial charge in [-0.25, -0.2) is 4.39 Å². The third-order valence-electron chi connectivity index (χ3n) is 3.23. The van der Waals surface area contributed by atoms with E-state index in [1.54, 1.807) is 0 Å². The van der Waals surface area contributed by atoms with Crippen molar-refractivity contribution < 1.29 is 9.31 Å². The van der Waals surface area contributed by atoms with Gasteiger partial charge in [-0.1, -0.05) is 6.07 Å². The molecule has 0 amide bonds. The van der Waals surface area contributed by atoms with Gasteiger partial charge in [0.15, 0.2) is 0 Å². The lowest BCUT2D eigenvalue weighted by Crippen LogP contribution is -2.04. The van der Waals surface area contributed by atoms with Crippen LogP contribution in [-0.2, 0) is 6.54 Å². The maximum absolute atomic E-state index is 13.2.